The van der Waals surface area contributed by atoms with E-state index in [1.807, 2.05) is 31.2 Å². The summed E-state index contributed by atoms with van der Waals surface area (Å²) in [5, 5.41) is 2.96. The molecule has 160 valence electrons. The van der Waals surface area contributed by atoms with Crippen molar-refractivity contribution in [2.75, 3.05) is 10.2 Å². The molecular weight excluding hydrogens is 524 g/mol. The number of halogens is 2. The summed E-state index contributed by atoms with van der Waals surface area (Å²) in [4.78, 5) is 41.6. The fourth-order valence-corrected chi connectivity index (χ4v) is 7.46. The van der Waals surface area contributed by atoms with Gasteiger partial charge in [-0.1, -0.05) is 69.1 Å². The lowest BCUT2D eigenvalue weighted by Gasteiger charge is -2.28. The van der Waals surface area contributed by atoms with E-state index in [-0.39, 0.29) is 51.0 Å². The van der Waals surface area contributed by atoms with Gasteiger partial charge in [-0.3, -0.25) is 14.4 Å². The number of para-hydroxylation sites is 2. The molecule has 0 radical (unpaired) electrons. The summed E-state index contributed by atoms with van der Waals surface area (Å²) in [6, 6.07) is 14.5. The van der Waals surface area contributed by atoms with Gasteiger partial charge in [0.25, 0.3) is 5.91 Å². The van der Waals surface area contributed by atoms with Crippen LogP contribution in [0.3, 0.4) is 0 Å². The Bertz CT molecular complexity index is 1060. The van der Waals surface area contributed by atoms with Crippen molar-refractivity contribution in [1.29, 1.82) is 0 Å². The van der Waals surface area contributed by atoms with Crippen molar-refractivity contribution in [3.05, 3.63) is 59.7 Å². The van der Waals surface area contributed by atoms with E-state index in [2.05, 4.69) is 37.2 Å². The number of anilines is 2. The van der Waals surface area contributed by atoms with Crippen LogP contribution in [0.1, 0.15) is 29.3 Å². The van der Waals surface area contributed by atoms with E-state index in [1.165, 1.54) is 4.90 Å². The first-order chi connectivity index (χ1) is 14.9. The summed E-state index contributed by atoms with van der Waals surface area (Å²) in [5.74, 6) is -1.04. The molecule has 5 nitrogen and oxygen atoms in total. The average Bonchev–Trinajstić information content (AvgIpc) is 3.39. The summed E-state index contributed by atoms with van der Waals surface area (Å²) in [6.45, 7) is 2.03. The van der Waals surface area contributed by atoms with Gasteiger partial charge in [-0.2, -0.15) is 0 Å². The van der Waals surface area contributed by atoms with Gasteiger partial charge >= 0.3 is 0 Å². The van der Waals surface area contributed by atoms with E-state index in [4.69, 9.17) is 0 Å². The van der Waals surface area contributed by atoms with Crippen molar-refractivity contribution in [3.63, 3.8) is 0 Å². The zero-order valence-electron chi connectivity index (χ0n) is 16.9. The van der Waals surface area contributed by atoms with Crippen molar-refractivity contribution < 1.29 is 14.4 Å². The lowest BCUT2D eigenvalue weighted by molar-refractivity contribution is -0.123. The molecule has 1 saturated heterocycles. The maximum atomic E-state index is 13.4. The Labute approximate surface area is 197 Å². The van der Waals surface area contributed by atoms with Gasteiger partial charge in [0.2, 0.25) is 11.8 Å². The van der Waals surface area contributed by atoms with E-state index in [1.54, 1.807) is 24.3 Å². The molecule has 2 aliphatic carbocycles. The van der Waals surface area contributed by atoms with Gasteiger partial charge in [-0.05, 0) is 48.4 Å². The lowest BCUT2D eigenvalue weighted by Crippen LogP contribution is -2.37. The predicted octanol–water partition coefficient (Wildman–Crippen LogP) is 4.78. The van der Waals surface area contributed by atoms with Gasteiger partial charge in [-0.15, -0.1) is 0 Å². The molecule has 2 bridgehead atoms. The molecule has 1 N–H and O–H groups in total. The number of hydrogen-bond acceptors (Lipinski definition) is 3. The molecule has 7 heteroatoms. The van der Waals surface area contributed by atoms with Crippen LogP contribution in [-0.4, -0.2) is 27.4 Å². The quantitative estimate of drug-likeness (QED) is 0.444. The molecule has 3 fully saturated rings. The van der Waals surface area contributed by atoms with Crippen LogP contribution in [0.2, 0.25) is 0 Å². The zero-order valence-corrected chi connectivity index (χ0v) is 20.1. The largest absolute Gasteiger partial charge is 0.322 e. The predicted molar refractivity (Wildman–Crippen MR) is 127 cm³/mol. The van der Waals surface area contributed by atoms with E-state index in [9.17, 15) is 14.4 Å². The number of imide groups is 1. The summed E-state index contributed by atoms with van der Waals surface area (Å²) >= 11 is 7.43. The first-order valence-electron chi connectivity index (χ1n) is 10.6. The van der Waals surface area contributed by atoms with Crippen molar-refractivity contribution in [1.82, 2.24) is 0 Å². The normalized spacial score (nSPS) is 31.3. The molecule has 1 aliphatic heterocycles. The molecule has 2 saturated carbocycles. The van der Waals surface area contributed by atoms with Crippen molar-refractivity contribution >= 4 is 61.0 Å². The fraction of sp³-hybridized carbons (Fsp3) is 0.375. The lowest BCUT2D eigenvalue weighted by atomic mass is 9.81. The van der Waals surface area contributed by atoms with E-state index < -0.39 is 0 Å². The molecule has 0 spiro atoms. The van der Waals surface area contributed by atoms with Crippen LogP contribution < -0.4 is 10.2 Å². The Kier molecular flexibility index (Phi) is 5.29. The van der Waals surface area contributed by atoms with Gasteiger partial charge in [-0.25, -0.2) is 4.90 Å². The van der Waals surface area contributed by atoms with Crippen molar-refractivity contribution in [2.24, 2.45) is 23.7 Å². The zero-order chi connectivity index (χ0) is 21.9. The number of rotatable bonds is 4. The number of carbonyl (C=O) groups excluding carboxylic acids is 3. The SMILES string of the molecule is CCc1ccccc1NC(=O)c1ccccc1N1C(=O)[C@@H]2[C@H]3C[C@@H]([C@H](Br)[C@@H]3Br)[C@@H]2C1=O. The highest BCUT2D eigenvalue weighted by atomic mass is 79.9. The van der Waals surface area contributed by atoms with E-state index in [0.717, 1.165) is 24.1 Å². The van der Waals surface area contributed by atoms with Crippen LogP contribution >= 0.6 is 31.9 Å². The third-order valence-electron chi connectivity index (χ3n) is 7.02. The Morgan fingerprint density at radius 1 is 0.968 bits per heavy atom. The van der Waals surface area contributed by atoms with Gasteiger partial charge in [0.15, 0.2) is 0 Å². The molecule has 0 unspecified atom stereocenters. The van der Waals surface area contributed by atoms with Gasteiger partial charge < -0.3 is 5.32 Å². The van der Waals surface area contributed by atoms with Crippen LogP contribution in [0.15, 0.2) is 48.5 Å². The smallest absolute Gasteiger partial charge is 0.257 e. The molecule has 6 atom stereocenters. The second kappa shape index (κ2) is 7.85. The molecule has 2 aromatic rings. The first-order valence-corrected chi connectivity index (χ1v) is 12.4. The fourth-order valence-electron chi connectivity index (χ4n) is 5.59. The van der Waals surface area contributed by atoms with Crippen LogP contribution in [-0.2, 0) is 16.0 Å². The molecule has 5 rings (SSSR count). The molecule has 2 aromatic carbocycles. The highest BCUT2D eigenvalue weighted by molar-refractivity contribution is 9.12. The topological polar surface area (TPSA) is 66.5 Å². The molecule has 0 aromatic heterocycles. The third-order valence-corrected chi connectivity index (χ3v) is 10.2. The monoisotopic (exact) mass is 544 g/mol. The number of nitrogens with one attached hydrogen (secondary N) is 1. The summed E-state index contributed by atoms with van der Waals surface area (Å²) < 4.78 is 0. The number of aryl methyl sites for hydroxylation is 1. The highest BCUT2D eigenvalue weighted by Gasteiger charge is 2.66. The minimum Gasteiger partial charge on any atom is -0.322 e. The maximum Gasteiger partial charge on any atom is 0.257 e. The van der Waals surface area contributed by atoms with Gasteiger partial charge in [0, 0.05) is 15.3 Å². The number of carbonyl (C=O) groups is 3. The Hall–Kier alpha value is -1.99. The highest BCUT2D eigenvalue weighted by Crippen LogP contribution is 2.60. The molecule has 31 heavy (non-hydrogen) atoms. The first kappa shape index (κ1) is 20.9. The summed E-state index contributed by atoms with van der Waals surface area (Å²) in [5.41, 5.74) is 2.46. The number of alkyl halides is 2. The van der Waals surface area contributed by atoms with Crippen molar-refractivity contribution in [3.8, 4) is 0 Å². The minimum atomic E-state index is -0.325. The van der Waals surface area contributed by atoms with Gasteiger partial charge in [0.05, 0.1) is 23.1 Å². The van der Waals surface area contributed by atoms with Crippen LogP contribution in [0.5, 0.6) is 0 Å². The molecule has 3 aliphatic rings. The minimum absolute atomic E-state index is 0.137. The maximum absolute atomic E-state index is 13.4. The Balaban J connectivity index is 1.48. The number of nitrogens with zero attached hydrogens (tertiary/aromatic N) is 1. The third kappa shape index (κ3) is 3.11. The standard InChI is InChI=1S/C24H22Br2N2O3/c1-2-12-7-3-5-9-16(12)27-22(29)13-8-4-6-10-17(13)28-23(30)18-14-11-15(19(18)24(28)31)21(26)20(14)25/h3-10,14-15,18-21H,2,11H2,1H3,(H,27,29)/t14-,15-,18-,19+,20-,21+/m1/s1. The van der Waals surface area contributed by atoms with Crippen LogP contribution in [0.4, 0.5) is 11.4 Å². The second-order valence-corrected chi connectivity index (χ2v) is 10.6. The summed E-state index contributed by atoms with van der Waals surface area (Å²) in [7, 11) is 0. The number of fused-ring (bicyclic) bond motifs is 5. The van der Waals surface area contributed by atoms with E-state index in [0.29, 0.717) is 11.3 Å². The average molecular weight is 546 g/mol. The van der Waals surface area contributed by atoms with Crippen LogP contribution in [0.25, 0.3) is 0 Å². The molecular formula is C24H22Br2N2O3. The van der Waals surface area contributed by atoms with Gasteiger partial charge in [0.1, 0.15) is 0 Å². The van der Waals surface area contributed by atoms with Crippen LogP contribution in [0, 0.1) is 23.7 Å². The van der Waals surface area contributed by atoms with Crippen molar-refractivity contribution in [2.45, 2.75) is 29.4 Å². The number of benzene rings is 2. The Morgan fingerprint density at radius 3 is 2.19 bits per heavy atom. The number of amides is 3. The Morgan fingerprint density at radius 2 is 1.55 bits per heavy atom. The molecule has 1 heterocycles. The molecule has 3 amide bonds. The van der Waals surface area contributed by atoms with E-state index >= 15 is 0 Å². The number of hydrogen-bond donors (Lipinski definition) is 1. The second-order valence-electron chi connectivity index (χ2n) is 8.50. The summed E-state index contributed by atoms with van der Waals surface area (Å²) in [6.07, 6.45) is 1.66.